The standard InChI is InChI=1S/C8H12Br2O3/c1-4(11)13-6-3-2-5(12)7(9)8(6)10/h5-8,12H,2-3H2,1H3/t5-,6+,7-,8-/m1/s1. The molecule has 0 heterocycles. The maximum Gasteiger partial charge on any atom is 0.302 e. The monoisotopic (exact) mass is 314 g/mol. The molecule has 0 spiro atoms. The van der Waals surface area contributed by atoms with Crippen LogP contribution in [0.1, 0.15) is 19.8 Å². The highest BCUT2D eigenvalue weighted by atomic mass is 79.9. The Hall–Kier alpha value is 0.390. The third-order valence-electron chi connectivity index (χ3n) is 2.09. The first-order valence-electron chi connectivity index (χ1n) is 4.16. The van der Waals surface area contributed by atoms with E-state index in [1.807, 2.05) is 0 Å². The van der Waals surface area contributed by atoms with Crippen molar-refractivity contribution < 1.29 is 14.6 Å². The fraction of sp³-hybridized carbons (Fsp3) is 0.875. The highest BCUT2D eigenvalue weighted by Crippen LogP contribution is 2.32. The van der Waals surface area contributed by atoms with Gasteiger partial charge in [0, 0.05) is 6.92 Å². The third-order valence-corrected chi connectivity index (χ3v) is 5.14. The van der Waals surface area contributed by atoms with Crippen molar-refractivity contribution in [2.45, 2.75) is 41.6 Å². The highest BCUT2D eigenvalue weighted by molar-refractivity contribution is 9.12. The van der Waals surface area contributed by atoms with Crippen LogP contribution in [0.5, 0.6) is 0 Å². The minimum absolute atomic E-state index is 0.0138. The van der Waals surface area contributed by atoms with Gasteiger partial charge >= 0.3 is 5.97 Å². The molecule has 13 heavy (non-hydrogen) atoms. The number of aliphatic hydroxyl groups excluding tert-OH is 1. The van der Waals surface area contributed by atoms with Crippen LogP contribution in [0, 0.1) is 0 Å². The van der Waals surface area contributed by atoms with Gasteiger partial charge in [0.15, 0.2) is 0 Å². The number of hydrogen-bond donors (Lipinski definition) is 1. The van der Waals surface area contributed by atoms with Gasteiger partial charge in [-0.2, -0.15) is 0 Å². The number of ether oxygens (including phenoxy) is 1. The highest BCUT2D eigenvalue weighted by Gasteiger charge is 2.37. The summed E-state index contributed by atoms with van der Waals surface area (Å²) in [6, 6.07) is 0. The number of halogens is 2. The zero-order valence-electron chi connectivity index (χ0n) is 7.24. The van der Waals surface area contributed by atoms with Crippen LogP contribution in [0.3, 0.4) is 0 Å². The van der Waals surface area contributed by atoms with E-state index >= 15 is 0 Å². The van der Waals surface area contributed by atoms with Crippen LogP contribution >= 0.6 is 31.9 Å². The second-order valence-electron chi connectivity index (χ2n) is 3.18. The molecule has 1 N–H and O–H groups in total. The summed E-state index contributed by atoms with van der Waals surface area (Å²) in [5, 5.41) is 9.48. The average molecular weight is 316 g/mol. The molecular weight excluding hydrogens is 304 g/mol. The van der Waals surface area contributed by atoms with Crippen molar-refractivity contribution >= 4 is 37.8 Å². The average Bonchev–Trinajstić information content (AvgIpc) is 2.06. The SMILES string of the molecule is CC(=O)O[C@H]1CC[C@@H](O)[C@@H](Br)[C@@H]1Br. The molecule has 1 rings (SSSR count). The molecule has 0 aliphatic heterocycles. The van der Waals surface area contributed by atoms with Crippen molar-refractivity contribution in [3.05, 3.63) is 0 Å². The number of carbonyl (C=O) groups is 1. The number of esters is 1. The van der Waals surface area contributed by atoms with Gasteiger partial charge in [-0.1, -0.05) is 31.9 Å². The fourth-order valence-electron chi connectivity index (χ4n) is 1.41. The number of carbonyl (C=O) groups excluding carboxylic acids is 1. The van der Waals surface area contributed by atoms with Gasteiger partial charge in [0.25, 0.3) is 0 Å². The minimum atomic E-state index is -0.365. The summed E-state index contributed by atoms with van der Waals surface area (Å²) in [6.45, 7) is 1.40. The number of hydrogen-bond acceptors (Lipinski definition) is 3. The van der Waals surface area contributed by atoms with Crippen LogP contribution < -0.4 is 0 Å². The van der Waals surface area contributed by atoms with Crippen molar-refractivity contribution in [3.8, 4) is 0 Å². The predicted octanol–water partition coefficient (Wildman–Crippen LogP) is 1.60. The predicted molar refractivity (Wildman–Crippen MR) is 56.2 cm³/mol. The maximum atomic E-state index is 10.7. The lowest BCUT2D eigenvalue weighted by Crippen LogP contribution is -2.44. The van der Waals surface area contributed by atoms with Gasteiger partial charge in [-0.15, -0.1) is 0 Å². The first-order valence-corrected chi connectivity index (χ1v) is 5.99. The van der Waals surface area contributed by atoms with E-state index in [1.165, 1.54) is 6.92 Å². The zero-order valence-corrected chi connectivity index (χ0v) is 10.4. The first kappa shape index (κ1) is 11.5. The summed E-state index contributed by atoms with van der Waals surface area (Å²) in [5.74, 6) is -0.273. The van der Waals surface area contributed by atoms with Crippen molar-refractivity contribution in [1.82, 2.24) is 0 Å². The van der Waals surface area contributed by atoms with Crippen LogP contribution in [-0.4, -0.2) is 32.9 Å². The van der Waals surface area contributed by atoms with Gasteiger partial charge in [0.1, 0.15) is 6.10 Å². The molecule has 76 valence electrons. The Labute approximate surface area is 94.1 Å². The molecule has 0 bridgehead atoms. The van der Waals surface area contributed by atoms with E-state index < -0.39 is 0 Å². The summed E-state index contributed by atoms with van der Waals surface area (Å²) in [7, 11) is 0. The molecule has 0 unspecified atom stereocenters. The largest absolute Gasteiger partial charge is 0.461 e. The molecule has 0 aromatic heterocycles. The number of aliphatic hydroxyl groups is 1. The Morgan fingerprint density at radius 3 is 2.54 bits per heavy atom. The number of rotatable bonds is 1. The van der Waals surface area contributed by atoms with Crippen LogP contribution in [0.2, 0.25) is 0 Å². The molecule has 0 aromatic carbocycles. The van der Waals surface area contributed by atoms with Crippen LogP contribution in [0.25, 0.3) is 0 Å². The molecule has 0 saturated heterocycles. The summed E-state index contributed by atoms with van der Waals surface area (Å²) < 4.78 is 5.10. The zero-order chi connectivity index (χ0) is 10.0. The van der Waals surface area contributed by atoms with Crippen molar-refractivity contribution in [2.24, 2.45) is 0 Å². The van der Waals surface area contributed by atoms with E-state index in [2.05, 4.69) is 31.9 Å². The second-order valence-corrected chi connectivity index (χ2v) is 5.30. The lowest BCUT2D eigenvalue weighted by molar-refractivity contribution is -0.148. The van der Waals surface area contributed by atoms with Gasteiger partial charge in [0.2, 0.25) is 0 Å². The van der Waals surface area contributed by atoms with Crippen LogP contribution in [-0.2, 0) is 9.53 Å². The van der Waals surface area contributed by atoms with E-state index in [-0.39, 0.29) is 27.8 Å². The quantitative estimate of drug-likeness (QED) is 0.590. The molecule has 0 amide bonds. The molecule has 4 atom stereocenters. The Morgan fingerprint density at radius 2 is 2.00 bits per heavy atom. The fourth-order valence-corrected chi connectivity index (χ4v) is 2.74. The smallest absolute Gasteiger partial charge is 0.302 e. The van der Waals surface area contributed by atoms with Crippen molar-refractivity contribution in [1.29, 1.82) is 0 Å². The van der Waals surface area contributed by atoms with E-state index in [4.69, 9.17) is 4.74 Å². The van der Waals surface area contributed by atoms with Gasteiger partial charge in [0.05, 0.1) is 15.8 Å². The minimum Gasteiger partial charge on any atom is -0.461 e. The molecule has 1 saturated carbocycles. The third kappa shape index (κ3) is 2.92. The van der Waals surface area contributed by atoms with Gasteiger partial charge in [-0.3, -0.25) is 4.79 Å². The van der Waals surface area contributed by atoms with Gasteiger partial charge in [-0.25, -0.2) is 0 Å². The summed E-state index contributed by atoms with van der Waals surface area (Å²) in [5.41, 5.74) is 0. The molecule has 1 aliphatic rings. The van der Waals surface area contributed by atoms with Crippen LogP contribution in [0.4, 0.5) is 0 Å². The topological polar surface area (TPSA) is 46.5 Å². The lowest BCUT2D eigenvalue weighted by Gasteiger charge is -2.34. The van der Waals surface area contributed by atoms with Gasteiger partial charge < -0.3 is 9.84 Å². The summed E-state index contributed by atoms with van der Waals surface area (Å²) >= 11 is 6.77. The lowest BCUT2D eigenvalue weighted by atomic mass is 9.95. The summed E-state index contributed by atoms with van der Waals surface area (Å²) in [6.07, 6.45) is 0.871. The van der Waals surface area contributed by atoms with E-state index in [0.29, 0.717) is 12.8 Å². The Kier molecular flexibility index (Phi) is 4.19. The molecule has 1 aliphatic carbocycles. The molecule has 3 nitrogen and oxygen atoms in total. The molecule has 0 radical (unpaired) electrons. The Balaban J connectivity index is 2.53. The van der Waals surface area contributed by atoms with Crippen molar-refractivity contribution in [3.63, 3.8) is 0 Å². The number of alkyl halides is 2. The maximum absolute atomic E-state index is 10.7. The Bertz CT molecular complexity index is 198. The molecule has 1 fully saturated rings. The first-order chi connectivity index (χ1) is 6.02. The van der Waals surface area contributed by atoms with Crippen LogP contribution in [0.15, 0.2) is 0 Å². The van der Waals surface area contributed by atoms with E-state index in [1.54, 1.807) is 0 Å². The van der Waals surface area contributed by atoms with E-state index in [9.17, 15) is 9.90 Å². The molecule has 0 aromatic rings. The summed E-state index contributed by atoms with van der Waals surface area (Å²) in [4.78, 5) is 10.7. The van der Waals surface area contributed by atoms with Gasteiger partial charge in [-0.05, 0) is 12.8 Å². The molecule has 5 heteroatoms. The molecular formula is C8H12Br2O3. The normalized spacial score (nSPS) is 40.0. The second kappa shape index (κ2) is 4.75. The van der Waals surface area contributed by atoms with Crippen molar-refractivity contribution in [2.75, 3.05) is 0 Å². The Morgan fingerprint density at radius 1 is 1.38 bits per heavy atom. The van der Waals surface area contributed by atoms with E-state index in [0.717, 1.165) is 0 Å².